The maximum Gasteiger partial charge on any atom is 0.472 e. The minimum atomic E-state index is -4.29. The predicted octanol–water partition coefficient (Wildman–Crippen LogP) is 16.8. The number of unbranched alkanes of at least 4 members (excludes halogenated alkanes) is 30. The van der Waals surface area contributed by atoms with Gasteiger partial charge in [0.2, 0.25) is 5.91 Å². The lowest BCUT2D eigenvalue weighted by Gasteiger charge is -2.26. The Kier molecular flexibility index (Phi) is 47.4. The summed E-state index contributed by atoms with van der Waals surface area (Å²) in [5.41, 5.74) is 0. The van der Waals surface area contributed by atoms with Gasteiger partial charge in [0.1, 0.15) is 13.2 Å². The fraction of sp³-hybridized carbons (Fsp3) is 0.842. The normalized spacial score (nSPS) is 14.3. The third-order valence-electron chi connectivity index (χ3n) is 12.6. The second kappa shape index (κ2) is 48.5. The Bertz CT molecular complexity index is 1210. The molecule has 0 fully saturated rings. The highest BCUT2D eigenvalue weighted by atomic mass is 31.2. The van der Waals surface area contributed by atoms with E-state index < -0.39 is 20.0 Å². The Morgan fingerprint density at radius 3 is 1.30 bits per heavy atom. The van der Waals surface area contributed by atoms with E-state index in [1.807, 2.05) is 21.1 Å². The van der Waals surface area contributed by atoms with Crippen LogP contribution in [0.5, 0.6) is 0 Å². The van der Waals surface area contributed by atoms with Crippen molar-refractivity contribution in [3.05, 3.63) is 48.6 Å². The molecule has 66 heavy (non-hydrogen) atoms. The lowest BCUT2D eigenvalue weighted by molar-refractivity contribution is -0.870. The average molecular weight is 950 g/mol. The van der Waals surface area contributed by atoms with Gasteiger partial charge in [0.15, 0.2) is 0 Å². The molecule has 0 rings (SSSR count). The molecule has 0 radical (unpaired) electrons. The zero-order valence-corrected chi connectivity index (χ0v) is 45.1. The summed E-state index contributed by atoms with van der Waals surface area (Å²) in [6, 6.07) is -0.753. The Morgan fingerprint density at radius 1 is 0.530 bits per heavy atom. The Balaban J connectivity index is 3.57. The van der Waals surface area contributed by atoms with Gasteiger partial charge in [-0.05, 0) is 51.4 Å². The molecular weight excluding hydrogens is 840 g/mol. The molecule has 8 nitrogen and oxygen atoms in total. The van der Waals surface area contributed by atoms with E-state index >= 15 is 0 Å². The molecule has 3 unspecified atom stereocenters. The van der Waals surface area contributed by atoms with Gasteiger partial charge in [0, 0.05) is 6.42 Å². The maximum atomic E-state index is 12.7. The van der Waals surface area contributed by atoms with Crippen LogP contribution in [-0.2, 0) is 18.4 Å². The van der Waals surface area contributed by atoms with Crippen molar-refractivity contribution in [2.24, 2.45) is 0 Å². The third-order valence-corrected chi connectivity index (χ3v) is 13.6. The molecule has 0 saturated heterocycles. The van der Waals surface area contributed by atoms with Gasteiger partial charge in [-0.3, -0.25) is 13.8 Å². The fourth-order valence-corrected chi connectivity index (χ4v) is 8.95. The van der Waals surface area contributed by atoms with Crippen molar-refractivity contribution >= 4 is 13.7 Å². The topological polar surface area (TPSA) is 105 Å². The SMILES string of the molecule is CC/C=C\C/C=C\C/C=C\C/C=C\CCCCCCCCCCCCCCCCCCCCCCCCCCCCCCC(=O)NC(COP(=O)(O)OCC[N+](C)(C)C)C(O)CCCCC. The van der Waals surface area contributed by atoms with Crippen LogP contribution in [0.1, 0.15) is 258 Å². The number of aliphatic hydroxyl groups excluding tert-OH is 1. The summed E-state index contributed by atoms with van der Waals surface area (Å²) in [4.78, 5) is 22.9. The summed E-state index contributed by atoms with van der Waals surface area (Å²) in [5.74, 6) is -0.152. The number of amides is 1. The monoisotopic (exact) mass is 950 g/mol. The molecule has 0 bridgehead atoms. The number of hydrogen-bond donors (Lipinski definition) is 3. The first-order valence-electron chi connectivity index (χ1n) is 28.0. The van der Waals surface area contributed by atoms with Crippen LogP contribution in [0.25, 0.3) is 0 Å². The van der Waals surface area contributed by atoms with E-state index in [9.17, 15) is 19.4 Å². The first-order valence-corrected chi connectivity index (χ1v) is 29.5. The number of aliphatic hydroxyl groups is 1. The van der Waals surface area contributed by atoms with Gasteiger partial charge < -0.3 is 19.8 Å². The number of phosphoric acid groups is 1. The van der Waals surface area contributed by atoms with Gasteiger partial charge in [-0.25, -0.2) is 4.57 Å². The molecule has 0 aliphatic rings. The zero-order valence-electron chi connectivity index (χ0n) is 44.2. The van der Waals surface area contributed by atoms with Crippen LogP contribution in [0.2, 0.25) is 0 Å². The van der Waals surface area contributed by atoms with Gasteiger partial charge in [0.05, 0.1) is 39.9 Å². The smallest absolute Gasteiger partial charge is 0.391 e. The van der Waals surface area contributed by atoms with E-state index in [0.717, 1.165) is 64.2 Å². The number of rotatable bonds is 51. The second-order valence-corrected chi connectivity index (χ2v) is 21.7. The van der Waals surface area contributed by atoms with Gasteiger partial charge in [-0.15, -0.1) is 0 Å². The summed E-state index contributed by atoms with van der Waals surface area (Å²) in [5, 5.41) is 13.6. The number of allylic oxidation sites excluding steroid dienone is 8. The fourth-order valence-electron chi connectivity index (χ4n) is 8.22. The first-order chi connectivity index (χ1) is 32.0. The second-order valence-electron chi connectivity index (χ2n) is 20.3. The van der Waals surface area contributed by atoms with Crippen molar-refractivity contribution in [3.8, 4) is 0 Å². The van der Waals surface area contributed by atoms with Crippen molar-refractivity contribution in [1.29, 1.82) is 0 Å². The minimum Gasteiger partial charge on any atom is -0.391 e. The average Bonchev–Trinajstić information content (AvgIpc) is 3.27. The number of likely N-dealkylation sites (N-methyl/N-ethyl adjacent to an activating group) is 1. The van der Waals surface area contributed by atoms with Crippen LogP contribution in [0, 0.1) is 0 Å². The van der Waals surface area contributed by atoms with E-state index in [-0.39, 0.29) is 19.1 Å². The molecule has 9 heteroatoms. The molecule has 3 N–H and O–H groups in total. The number of nitrogens with one attached hydrogen (secondary N) is 1. The van der Waals surface area contributed by atoms with Gasteiger partial charge in [-0.2, -0.15) is 0 Å². The highest BCUT2D eigenvalue weighted by Crippen LogP contribution is 2.43. The van der Waals surface area contributed by atoms with Crippen LogP contribution in [0.15, 0.2) is 48.6 Å². The van der Waals surface area contributed by atoms with Crippen LogP contribution in [0.3, 0.4) is 0 Å². The maximum absolute atomic E-state index is 12.7. The van der Waals surface area contributed by atoms with E-state index in [0.29, 0.717) is 23.9 Å². The van der Waals surface area contributed by atoms with Crippen molar-refractivity contribution in [1.82, 2.24) is 5.32 Å². The van der Waals surface area contributed by atoms with Crippen LogP contribution in [-0.4, -0.2) is 73.4 Å². The van der Waals surface area contributed by atoms with Crippen molar-refractivity contribution in [2.45, 2.75) is 270 Å². The molecule has 388 valence electrons. The molecular formula is C57H110N2O6P+. The van der Waals surface area contributed by atoms with E-state index in [1.165, 1.54) is 167 Å². The van der Waals surface area contributed by atoms with E-state index in [4.69, 9.17) is 9.05 Å². The highest BCUT2D eigenvalue weighted by Gasteiger charge is 2.28. The van der Waals surface area contributed by atoms with Crippen LogP contribution in [0.4, 0.5) is 0 Å². The van der Waals surface area contributed by atoms with Crippen LogP contribution < -0.4 is 5.32 Å². The molecule has 0 aliphatic heterocycles. The third kappa shape index (κ3) is 50.3. The van der Waals surface area contributed by atoms with E-state index in [2.05, 4.69) is 67.8 Å². The molecule has 0 aromatic carbocycles. The number of quaternary nitrogens is 1. The molecule has 0 aliphatic carbocycles. The number of phosphoric ester groups is 1. The first kappa shape index (κ1) is 64.5. The molecule has 0 heterocycles. The zero-order chi connectivity index (χ0) is 48.5. The van der Waals surface area contributed by atoms with Gasteiger partial charge >= 0.3 is 7.82 Å². The quantitative estimate of drug-likeness (QED) is 0.0243. The van der Waals surface area contributed by atoms with Gasteiger partial charge in [-0.1, -0.05) is 249 Å². The number of carbonyl (C=O) groups excluding carboxylic acids is 1. The van der Waals surface area contributed by atoms with Crippen molar-refractivity contribution in [2.75, 3.05) is 40.9 Å². The Morgan fingerprint density at radius 2 is 0.909 bits per heavy atom. The largest absolute Gasteiger partial charge is 0.472 e. The number of hydrogen-bond acceptors (Lipinski definition) is 5. The summed E-state index contributed by atoms with van der Waals surface area (Å²) >= 11 is 0. The summed E-state index contributed by atoms with van der Waals surface area (Å²) in [6.45, 7) is 4.62. The molecule has 0 saturated carbocycles. The molecule has 1 amide bonds. The molecule has 0 spiro atoms. The highest BCUT2D eigenvalue weighted by molar-refractivity contribution is 7.47. The Hall–Kier alpha value is -1.54. The molecule has 0 aromatic heterocycles. The lowest BCUT2D eigenvalue weighted by atomic mass is 10.0. The van der Waals surface area contributed by atoms with E-state index in [1.54, 1.807) is 0 Å². The summed E-state index contributed by atoms with van der Waals surface area (Å²) in [7, 11) is 1.62. The standard InChI is InChI=1S/C57H109N2O6P/c1-6-8-10-11-12-13-14-15-16-17-18-19-20-21-22-23-24-25-26-27-28-29-30-31-32-33-34-35-36-37-38-39-40-41-42-43-44-45-46-47-49-51-57(61)58-55(56(60)50-48-9-7-2)54-65-66(62,63)64-53-52-59(3,4)5/h8,10,12-13,15-16,18-19,55-56,60H,6-7,9,11,14,17,20-54H2,1-5H3,(H-,58,61,62,63)/p+1/b10-8-,13-12-,16-15-,19-18-. The summed E-state index contributed by atoms with van der Waals surface area (Å²) in [6.07, 6.45) is 64.4. The minimum absolute atomic E-state index is 0.0744. The Labute approximate surface area is 409 Å². The molecule has 3 atom stereocenters. The lowest BCUT2D eigenvalue weighted by Crippen LogP contribution is -2.46. The van der Waals surface area contributed by atoms with Gasteiger partial charge in [0.25, 0.3) is 0 Å². The molecule has 0 aromatic rings. The predicted molar refractivity (Wildman–Crippen MR) is 286 cm³/mol. The number of carbonyl (C=O) groups is 1. The van der Waals surface area contributed by atoms with Crippen molar-refractivity contribution in [3.63, 3.8) is 0 Å². The summed E-state index contributed by atoms with van der Waals surface area (Å²) < 4.78 is 23.4. The number of nitrogens with zero attached hydrogens (tertiary/aromatic N) is 1. The van der Waals surface area contributed by atoms with Crippen LogP contribution >= 0.6 is 7.82 Å². The van der Waals surface area contributed by atoms with Crippen molar-refractivity contribution < 1.29 is 32.9 Å².